The van der Waals surface area contributed by atoms with Gasteiger partial charge in [0.25, 0.3) is 11.8 Å². The van der Waals surface area contributed by atoms with E-state index in [1.165, 1.54) is 22.0 Å². The zero-order valence-corrected chi connectivity index (χ0v) is 32.5. The van der Waals surface area contributed by atoms with Gasteiger partial charge in [0.05, 0.1) is 35.3 Å². The molecular weight excluding hydrogens is 798 g/mol. The molecule has 0 bridgehead atoms. The molecule has 19 heteroatoms. The molecule has 1 unspecified atom stereocenters. The standard InChI is InChI=1S/C42H39F3N10O6/c43-29-14-27-28(40(59)54(39(27)58)30-10-11-33(56)49-38(30)57)15-31(29)53-20-41(45,21-53)19-51-16-24(17-51)52-13-12-42(60,32(44)18-52)55-37-34(36(46)47-22-48-37)35(50-55)23-6-8-26(9-7-23)61-25-4-2-1-3-5-25/h1-9,14-15,22,24,30,32,60H,10-13,16-21H2,(H2,46,47,48)(H,49,56,57)/t30?,32-,42+/m1/s1. The minimum Gasteiger partial charge on any atom is -0.457 e. The second-order valence-electron chi connectivity index (χ2n) is 16.4. The van der Waals surface area contributed by atoms with Crippen LogP contribution in [0.3, 0.4) is 0 Å². The molecule has 4 amide bonds. The number of nitrogens with one attached hydrogen (secondary N) is 1. The number of carbonyl (C=O) groups excluding carboxylic acids is 4. The lowest BCUT2D eigenvalue weighted by Gasteiger charge is -2.53. The molecule has 0 saturated carbocycles. The highest BCUT2D eigenvalue weighted by molar-refractivity contribution is 6.23. The second kappa shape index (κ2) is 14.3. The predicted octanol–water partition coefficient (Wildman–Crippen LogP) is 3.01. The summed E-state index contributed by atoms with van der Waals surface area (Å²) in [6.45, 7) is 0.863. The molecule has 3 aromatic carbocycles. The van der Waals surface area contributed by atoms with Crippen LogP contribution in [-0.2, 0) is 15.3 Å². The van der Waals surface area contributed by atoms with Crippen LogP contribution in [0.25, 0.3) is 22.3 Å². The molecule has 7 heterocycles. The maximum absolute atomic E-state index is 16.3. The molecule has 0 aliphatic carbocycles. The van der Waals surface area contributed by atoms with Crippen molar-refractivity contribution in [3.63, 3.8) is 0 Å². The number of nitrogens with two attached hydrogens (primary N) is 1. The number of carbonyl (C=O) groups is 4. The summed E-state index contributed by atoms with van der Waals surface area (Å²) < 4.78 is 54.8. The number of aliphatic hydroxyl groups is 1. The third-order valence-corrected chi connectivity index (χ3v) is 12.4. The maximum atomic E-state index is 16.3. The number of rotatable bonds is 9. The van der Waals surface area contributed by atoms with Crippen LogP contribution >= 0.6 is 0 Å². The van der Waals surface area contributed by atoms with Gasteiger partial charge in [-0.25, -0.2) is 27.8 Å². The lowest BCUT2D eigenvalue weighted by molar-refractivity contribution is -0.161. The van der Waals surface area contributed by atoms with E-state index in [9.17, 15) is 24.3 Å². The van der Waals surface area contributed by atoms with Gasteiger partial charge in [-0.05, 0) is 55.0 Å². The van der Waals surface area contributed by atoms with E-state index in [0.717, 1.165) is 11.0 Å². The first kappa shape index (κ1) is 38.7. The smallest absolute Gasteiger partial charge is 0.262 e. The van der Waals surface area contributed by atoms with Gasteiger partial charge in [-0.3, -0.25) is 39.2 Å². The number of hydrogen-bond donors (Lipinski definition) is 3. The second-order valence-corrected chi connectivity index (χ2v) is 16.4. The number of fused-ring (bicyclic) bond motifs is 2. The Morgan fingerprint density at radius 3 is 2.34 bits per heavy atom. The van der Waals surface area contributed by atoms with Crippen molar-refractivity contribution in [1.29, 1.82) is 0 Å². The lowest BCUT2D eigenvalue weighted by Crippen LogP contribution is -2.70. The Bertz CT molecular complexity index is 2620. The quantitative estimate of drug-likeness (QED) is 0.184. The third-order valence-electron chi connectivity index (χ3n) is 12.4. The number of imide groups is 2. The summed E-state index contributed by atoms with van der Waals surface area (Å²) in [7, 11) is 0. The number of anilines is 2. The zero-order valence-electron chi connectivity index (χ0n) is 32.5. The fourth-order valence-electron chi connectivity index (χ4n) is 9.16. The number of aromatic nitrogens is 4. The number of para-hydroxylation sites is 1. The molecule has 2 aromatic heterocycles. The Balaban J connectivity index is 0.763. The van der Waals surface area contributed by atoms with Crippen LogP contribution < -0.4 is 20.7 Å². The number of nitrogens with zero attached hydrogens (tertiary/aromatic N) is 8. The number of halogens is 3. The van der Waals surface area contributed by atoms with E-state index >= 15 is 13.2 Å². The van der Waals surface area contributed by atoms with Crippen molar-refractivity contribution in [3.8, 4) is 22.8 Å². The monoisotopic (exact) mass is 836 g/mol. The molecule has 4 saturated heterocycles. The van der Waals surface area contributed by atoms with Gasteiger partial charge in [-0.2, -0.15) is 5.10 Å². The lowest BCUT2D eigenvalue weighted by atomic mass is 9.91. The number of hydrogen-bond acceptors (Lipinski definition) is 13. The summed E-state index contributed by atoms with van der Waals surface area (Å²) >= 11 is 0. The number of ether oxygens (including phenoxy) is 1. The van der Waals surface area contributed by atoms with E-state index in [1.807, 2.05) is 40.1 Å². The van der Waals surface area contributed by atoms with E-state index < -0.39 is 53.1 Å². The molecule has 16 nitrogen and oxygen atoms in total. The fraction of sp³-hybridized carbons (Fsp3) is 0.357. The molecule has 5 aliphatic heterocycles. The van der Waals surface area contributed by atoms with E-state index in [-0.39, 0.29) is 79.8 Å². The summed E-state index contributed by atoms with van der Waals surface area (Å²) in [5, 5.41) is 19.1. The molecule has 4 fully saturated rings. The first-order valence-corrected chi connectivity index (χ1v) is 19.9. The molecule has 5 aliphatic rings. The molecule has 0 radical (unpaired) electrons. The summed E-state index contributed by atoms with van der Waals surface area (Å²) in [6.07, 6.45) is -0.618. The minimum atomic E-state index is -2.04. The molecule has 61 heavy (non-hydrogen) atoms. The Morgan fingerprint density at radius 2 is 1.64 bits per heavy atom. The largest absolute Gasteiger partial charge is 0.457 e. The first-order chi connectivity index (χ1) is 29.3. The van der Waals surface area contributed by atoms with Gasteiger partial charge in [-0.1, -0.05) is 18.2 Å². The molecule has 4 N–H and O–H groups in total. The topological polar surface area (TPSA) is 192 Å². The van der Waals surface area contributed by atoms with E-state index in [1.54, 1.807) is 24.3 Å². The van der Waals surface area contributed by atoms with Gasteiger partial charge in [0.15, 0.2) is 23.2 Å². The highest BCUT2D eigenvalue weighted by Crippen LogP contribution is 2.41. The number of nitrogen functional groups attached to an aromatic ring is 1. The van der Waals surface area contributed by atoms with Crippen molar-refractivity contribution in [2.24, 2.45) is 0 Å². The van der Waals surface area contributed by atoms with Gasteiger partial charge < -0.3 is 20.5 Å². The molecule has 314 valence electrons. The number of amides is 4. The van der Waals surface area contributed by atoms with Gasteiger partial charge >= 0.3 is 0 Å². The summed E-state index contributed by atoms with van der Waals surface area (Å²) in [4.78, 5) is 64.9. The number of piperidine rings is 2. The molecular formula is C42H39F3N10O6. The van der Waals surface area contributed by atoms with Crippen LogP contribution in [0.1, 0.15) is 40.0 Å². The molecule has 0 spiro atoms. The number of likely N-dealkylation sites (tertiary alicyclic amines) is 2. The Hall–Kier alpha value is -6.44. The first-order valence-electron chi connectivity index (χ1n) is 19.9. The minimum absolute atomic E-state index is 0.0115. The SMILES string of the molecule is Nc1ncnc2c1c(-c1ccc(Oc3ccccc3)cc1)nn2[C@]1(O)CCN(C2CN(CC3(F)CN(c4cc5c(cc4F)C(=O)N(C4CCC(=O)NC4=O)C5=O)C3)C2)C[C@H]1F. The average molecular weight is 837 g/mol. The van der Waals surface area contributed by atoms with Crippen molar-refractivity contribution < 1.29 is 42.2 Å². The van der Waals surface area contributed by atoms with Gasteiger partial charge in [0.1, 0.15) is 41.2 Å². The van der Waals surface area contributed by atoms with Gasteiger partial charge in [0, 0.05) is 57.2 Å². The molecule has 10 rings (SSSR count). The highest BCUT2D eigenvalue weighted by Gasteiger charge is 2.52. The zero-order chi connectivity index (χ0) is 42.4. The third kappa shape index (κ3) is 6.54. The fourth-order valence-corrected chi connectivity index (χ4v) is 9.16. The van der Waals surface area contributed by atoms with Crippen molar-refractivity contribution in [1.82, 2.24) is 39.8 Å². The van der Waals surface area contributed by atoms with Crippen LogP contribution in [0.15, 0.2) is 73.1 Å². The van der Waals surface area contributed by atoms with Crippen LogP contribution in [0.2, 0.25) is 0 Å². The number of benzene rings is 3. The summed E-state index contributed by atoms with van der Waals surface area (Å²) in [6, 6.07) is 17.3. The highest BCUT2D eigenvalue weighted by atomic mass is 19.1. The normalized spacial score (nSPS) is 24.5. The van der Waals surface area contributed by atoms with Crippen LogP contribution in [0.4, 0.5) is 24.7 Å². The van der Waals surface area contributed by atoms with Crippen molar-refractivity contribution in [2.45, 2.75) is 48.9 Å². The molecule has 3 atom stereocenters. The van der Waals surface area contributed by atoms with Crippen molar-refractivity contribution in [2.75, 3.05) is 56.4 Å². The van der Waals surface area contributed by atoms with Gasteiger partial charge in [0.2, 0.25) is 11.8 Å². The van der Waals surface area contributed by atoms with Gasteiger partial charge in [-0.15, -0.1) is 0 Å². The Labute approximate surface area is 345 Å². The van der Waals surface area contributed by atoms with E-state index in [4.69, 9.17) is 10.5 Å². The van der Waals surface area contributed by atoms with Crippen LogP contribution in [-0.4, -0.2) is 133 Å². The summed E-state index contributed by atoms with van der Waals surface area (Å²) in [5.41, 5.74) is 3.46. The Kier molecular flexibility index (Phi) is 9.11. The predicted molar refractivity (Wildman–Crippen MR) is 212 cm³/mol. The van der Waals surface area contributed by atoms with Crippen LogP contribution in [0, 0.1) is 5.82 Å². The average Bonchev–Trinajstić information content (AvgIpc) is 3.72. The van der Waals surface area contributed by atoms with E-state index in [2.05, 4.69) is 20.4 Å². The Morgan fingerprint density at radius 1 is 0.934 bits per heavy atom. The maximum Gasteiger partial charge on any atom is 0.262 e. The van der Waals surface area contributed by atoms with Crippen molar-refractivity contribution >= 4 is 46.2 Å². The molecule has 5 aromatic rings. The summed E-state index contributed by atoms with van der Waals surface area (Å²) in [5.74, 6) is -2.30. The number of alkyl halides is 2. The van der Waals surface area contributed by atoms with E-state index in [0.29, 0.717) is 47.8 Å². The van der Waals surface area contributed by atoms with Crippen LogP contribution in [0.5, 0.6) is 11.5 Å². The van der Waals surface area contributed by atoms with Crippen molar-refractivity contribution in [3.05, 3.63) is 90.0 Å².